The summed E-state index contributed by atoms with van der Waals surface area (Å²) in [7, 11) is 0. The van der Waals surface area contributed by atoms with Crippen molar-refractivity contribution >= 4 is 0 Å². The lowest BCUT2D eigenvalue weighted by atomic mass is 9.44. The van der Waals surface area contributed by atoms with E-state index in [4.69, 9.17) is 0 Å². The van der Waals surface area contributed by atoms with E-state index in [0.29, 0.717) is 29.8 Å². The molecule has 4 atom stereocenters. The summed E-state index contributed by atoms with van der Waals surface area (Å²) in [5.74, 6) is 2.72. The summed E-state index contributed by atoms with van der Waals surface area (Å²) < 4.78 is 0. The molecule has 3 fully saturated rings. The highest BCUT2D eigenvalue weighted by Crippen LogP contribution is 2.63. The standard InChI is InChI=1S/C20H28O/c1-14-18(12-17-13-19(14)20(17,2)3)16(9-10-21)11-15-7-5-4-6-8-15/h4-8,16-19,21H,1,9-13H2,2-3H3/t16-,17+,18+,19+/m1/s1. The third-order valence-electron chi connectivity index (χ3n) is 6.34. The van der Waals surface area contributed by atoms with Crippen LogP contribution in [0.3, 0.4) is 0 Å². The molecule has 3 aliphatic carbocycles. The SMILES string of the molecule is C=C1[C@@H]([C@H](CCO)Cc2ccccc2)C[C@H]2C[C@@H]1C2(C)C. The molecule has 0 spiro atoms. The van der Waals surface area contributed by atoms with Crippen molar-refractivity contribution < 1.29 is 5.11 Å². The molecule has 1 aromatic rings. The fourth-order valence-corrected chi connectivity index (χ4v) is 4.78. The maximum absolute atomic E-state index is 9.48. The van der Waals surface area contributed by atoms with Crippen molar-refractivity contribution in [1.29, 1.82) is 0 Å². The maximum atomic E-state index is 9.48. The van der Waals surface area contributed by atoms with E-state index in [1.807, 2.05) is 0 Å². The van der Waals surface area contributed by atoms with Gasteiger partial charge >= 0.3 is 0 Å². The van der Waals surface area contributed by atoms with Crippen molar-refractivity contribution in [2.75, 3.05) is 6.61 Å². The van der Waals surface area contributed by atoms with Crippen molar-refractivity contribution in [3.63, 3.8) is 0 Å². The zero-order valence-electron chi connectivity index (χ0n) is 13.4. The van der Waals surface area contributed by atoms with Crippen LogP contribution in [-0.4, -0.2) is 11.7 Å². The van der Waals surface area contributed by atoms with Crippen LogP contribution in [0.15, 0.2) is 42.5 Å². The molecule has 1 heteroatoms. The Kier molecular flexibility index (Phi) is 3.96. The summed E-state index contributed by atoms with van der Waals surface area (Å²) in [6.45, 7) is 9.58. The molecule has 4 rings (SSSR count). The van der Waals surface area contributed by atoms with Gasteiger partial charge in [0, 0.05) is 6.61 Å². The van der Waals surface area contributed by atoms with Crippen molar-refractivity contribution in [1.82, 2.24) is 0 Å². The Labute approximate surface area is 129 Å². The molecule has 0 aliphatic heterocycles. The first-order valence-corrected chi connectivity index (χ1v) is 8.37. The van der Waals surface area contributed by atoms with Gasteiger partial charge < -0.3 is 5.11 Å². The highest BCUT2D eigenvalue weighted by atomic mass is 16.3. The predicted octanol–water partition coefficient (Wildman–Crippen LogP) is 4.47. The number of allylic oxidation sites excluding steroid dienone is 1. The monoisotopic (exact) mass is 284 g/mol. The van der Waals surface area contributed by atoms with Crippen LogP contribution >= 0.6 is 0 Å². The van der Waals surface area contributed by atoms with E-state index in [9.17, 15) is 5.11 Å². The topological polar surface area (TPSA) is 20.2 Å². The second kappa shape index (κ2) is 5.61. The van der Waals surface area contributed by atoms with Crippen molar-refractivity contribution in [3.05, 3.63) is 48.0 Å². The number of rotatable bonds is 5. The average molecular weight is 284 g/mol. The lowest BCUT2D eigenvalue weighted by molar-refractivity contribution is -0.0579. The molecule has 0 aromatic heterocycles. The van der Waals surface area contributed by atoms with E-state index in [1.165, 1.54) is 24.0 Å². The molecule has 0 saturated heterocycles. The number of aliphatic hydroxyl groups is 1. The Balaban J connectivity index is 1.75. The minimum atomic E-state index is 0.292. The van der Waals surface area contributed by atoms with Gasteiger partial charge in [-0.1, -0.05) is 56.3 Å². The van der Waals surface area contributed by atoms with Gasteiger partial charge in [0.15, 0.2) is 0 Å². The number of hydrogen-bond donors (Lipinski definition) is 1. The molecular formula is C20H28O. The van der Waals surface area contributed by atoms with Crippen LogP contribution in [0.2, 0.25) is 0 Å². The molecule has 3 aliphatic rings. The van der Waals surface area contributed by atoms with E-state index < -0.39 is 0 Å². The third kappa shape index (κ3) is 2.57. The highest BCUT2D eigenvalue weighted by molar-refractivity contribution is 5.24. The van der Waals surface area contributed by atoms with Crippen LogP contribution in [0.4, 0.5) is 0 Å². The Morgan fingerprint density at radius 3 is 2.52 bits per heavy atom. The summed E-state index contributed by atoms with van der Waals surface area (Å²) in [6.07, 6.45) is 4.60. The van der Waals surface area contributed by atoms with E-state index >= 15 is 0 Å². The molecule has 0 radical (unpaired) electrons. The fraction of sp³-hybridized carbons (Fsp3) is 0.600. The van der Waals surface area contributed by atoms with Gasteiger partial charge in [-0.3, -0.25) is 0 Å². The maximum Gasteiger partial charge on any atom is 0.0433 e. The minimum absolute atomic E-state index is 0.292. The van der Waals surface area contributed by atoms with Gasteiger partial charge in [0.05, 0.1) is 0 Å². The van der Waals surface area contributed by atoms with Crippen LogP contribution in [0, 0.1) is 29.1 Å². The molecule has 1 nitrogen and oxygen atoms in total. The van der Waals surface area contributed by atoms with E-state index in [1.54, 1.807) is 0 Å². The predicted molar refractivity (Wildman–Crippen MR) is 88.0 cm³/mol. The largest absolute Gasteiger partial charge is 0.396 e. The zero-order valence-corrected chi connectivity index (χ0v) is 13.4. The molecular weight excluding hydrogens is 256 g/mol. The summed E-state index contributed by atoms with van der Waals surface area (Å²) >= 11 is 0. The smallest absolute Gasteiger partial charge is 0.0433 e. The van der Waals surface area contributed by atoms with Crippen LogP contribution in [-0.2, 0) is 6.42 Å². The van der Waals surface area contributed by atoms with Crippen molar-refractivity contribution in [2.24, 2.45) is 29.1 Å². The van der Waals surface area contributed by atoms with Gasteiger partial charge in [-0.15, -0.1) is 0 Å². The van der Waals surface area contributed by atoms with Crippen LogP contribution in [0.1, 0.15) is 38.7 Å². The van der Waals surface area contributed by atoms with Crippen LogP contribution in [0.25, 0.3) is 0 Å². The average Bonchev–Trinajstić information content (AvgIpc) is 2.47. The molecule has 114 valence electrons. The van der Waals surface area contributed by atoms with Gasteiger partial charge in [-0.2, -0.15) is 0 Å². The van der Waals surface area contributed by atoms with Gasteiger partial charge in [0.25, 0.3) is 0 Å². The summed E-state index contributed by atoms with van der Waals surface area (Å²) in [5, 5.41) is 9.48. The number of hydrogen-bond acceptors (Lipinski definition) is 1. The van der Waals surface area contributed by atoms with Gasteiger partial charge in [-0.05, 0) is 60.3 Å². The molecule has 21 heavy (non-hydrogen) atoms. The molecule has 0 heterocycles. The number of benzene rings is 1. The number of aliphatic hydroxyl groups excluding tert-OH is 1. The molecule has 1 N–H and O–H groups in total. The number of fused-ring (bicyclic) bond motifs is 2. The van der Waals surface area contributed by atoms with Gasteiger partial charge in [0.1, 0.15) is 0 Å². The zero-order chi connectivity index (χ0) is 15.0. The Morgan fingerprint density at radius 1 is 1.24 bits per heavy atom. The highest BCUT2D eigenvalue weighted by Gasteiger charge is 2.55. The lowest BCUT2D eigenvalue weighted by Gasteiger charge is -2.61. The fourth-order valence-electron chi connectivity index (χ4n) is 4.78. The van der Waals surface area contributed by atoms with E-state index in [-0.39, 0.29) is 0 Å². The Morgan fingerprint density at radius 2 is 1.95 bits per heavy atom. The lowest BCUT2D eigenvalue weighted by Crippen LogP contribution is -2.53. The third-order valence-corrected chi connectivity index (χ3v) is 6.34. The quantitative estimate of drug-likeness (QED) is 0.791. The summed E-state index contributed by atoms with van der Waals surface area (Å²) in [5.41, 5.74) is 3.32. The second-order valence-electron chi connectivity index (χ2n) is 7.69. The normalized spacial score (nSPS) is 31.6. The minimum Gasteiger partial charge on any atom is -0.396 e. The van der Waals surface area contributed by atoms with Gasteiger partial charge in [-0.25, -0.2) is 0 Å². The molecule has 1 aromatic carbocycles. The van der Waals surface area contributed by atoms with E-state index in [2.05, 4.69) is 50.8 Å². The second-order valence-corrected chi connectivity index (χ2v) is 7.69. The summed E-state index contributed by atoms with van der Waals surface area (Å²) in [6, 6.07) is 10.7. The first kappa shape index (κ1) is 14.8. The van der Waals surface area contributed by atoms with Gasteiger partial charge in [0.2, 0.25) is 0 Å². The molecule has 3 saturated carbocycles. The van der Waals surface area contributed by atoms with Crippen molar-refractivity contribution in [2.45, 2.75) is 39.5 Å². The molecule has 0 amide bonds. The molecule has 2 bridgehead atoms. The first-order chi connectivity index (χ1) is 10.0. The van der Waals surface area contributed by atoms with E-state index in [0.717, 1.165) is 18.8 Å². The van der Waals surface area contributed by atoms with Crippen LogP contribution < -0.4 is 0 Å². The Hall–Kier alpha value is -1.08. The summed E-state index contributed by atoms with van der Waals surface area (Å²) in [4.78, 5) is 0. The van der Waals surface area contributed by atoms with Crippen LogP contribution in [0.5, 0.6) is 0 Å². The molecule has 0 unspecified atom stereocenters. The first-order valence-electron chi connectivity index (χ1n) is 8.37. The Bertz CT molecular complexity index is 502. The van der Waals surface area contributed by atoms with Crippen molar-refractivity contribution in [3.8, 4) is 0 Å².